The number of benzene rings is 1. The fourth-order valence-corrected chi connectivity index (χ4v) is 2.93. The molecule has 11 nitrogen and oxygen atoms in total. The number of aromatic nitrogens is 6. The number of hydrogen-bond acceptors (Lipinski definition) is 8. The minimum absolute atomic E-state index is 0.0494. The summed E-state index contributed by atoms with van der Waals surface area (Å²) in [5, 5.41) is 21.1. The summed E-state index contributed by atoms with van der Waals surface area (Å²) in [4.78, 5) is 24.0. The van der Waals surface area contributed by atoms with Crippen LogP contribution in [0.4, 0.5) is 4.39 Å². The molecule has 33 heavy (non-hydrogen) atoms. The van der Waals surface area contributed by atoms with Gasteiger partial charge in [0.2, 0.25) is 0 Å². The first-order valence-electron chi connectivity index (χ1n) is 10.2. The number of amides is 1. The molecule has 12 heteroatoms. The highest BCUT2D eigenvalue weighted by Crippen LogP contribution is 2.09. The highest BCUT2D eigenvalue weighted by atomic mass is 19.1. The summed E-state index contributed by atoms with van der Waals surface area (Å²) in [6, 6.07) is 6.72. The second-order valence-electron chi connectivity index (χ2n) is 7.18. The molecule has 0 spiro atoms. The number of hydrogen-bond donors (Lipinski definition) is 2. The van der Waals surface area contributed by atoms with Crippen LogP contribution in [0.5, 0.6) is 0 Å². The average Bonchev–Trinajstić information content (AvgIpc) is 3.50. The van der Waals surface area contributed by atoms with Gasteiger partial charge in [0.05, 0.1) is 37.3 Å². The van der Waals surface area contributed by atoms with Crippen LogP contribution < -0.4 is 10.6 Å². The van der Waals surface area contributed by atoms with Crippen LogP contribution in [0.3, 0.4) is 0 Å². The molecule has 0 aliphatic heterocycles. The molecule has 1 unspecified atom stereocenters. The normalized spacial score (nSPS) is 11.6. The lowest BCUT2D eigenvalue weighted by Gasteiger charge is -2.07. The van der Waals surface area contributed by atoms with Crippen molar-refractivity contribution in [1.82, 2.24) is 40.6 Å². The van der Waals surface area contributed by atoms with E-state index in [1.807, 2.05) is 0 Å². The summed E-state index contributed by atoms with van der Waals surface area (Å²) in [5.41, 5.74) is 2.40. The molecule has 0 saturated heterocycles. The van der Waals surface area contributed by atoms with Crippen molar-refractivity contribution in [3.8, 4) is 0 Å². The maximum Gasteiger partial charge on any atom is 0.337 e. The molecule has 1 atom stereocenters. The smallest absolute Gasteiger partial charge is 0.337 e. The quantitative estimate of drug-likeness (QED) is 0.412. The molecular weight excluding hydrogens is 431 g/mol. The molecule has 2 N–H and O–H groups in total. The van der Waals surface area contributed by atoms with E-state index in [4.69, 9.17) is 0 Å². The zero-order chi connectivity index (χ0) is 23.8. The summed E-state index contributed by atoms with van der Waals surface area (Å²) in [5.74, 6) is -0.917. The van der Waals surface area contributed by atoms with E-state index in [0.717, 1.165) is 5.56 Å². The zero-order valence-electron chi connectivity index (χ0n) is 18.4. The van der Waals surface area contributed by atoms with E-state index in [9.17, 15) is 14.0 Å². The van der Waals surface area contributed by atoms with E-state index in [2.05, 4.69) is 42.6 Å². The minimum Gasteiger partial charge on any atom is -0.465 e. The maximum absolute atomic E-state index is 14.4. The number of halogens is 1. The lowest BCUT2D eigenvalue weighted by Crippen LogP contribution is -2.23. The maximum atomic E-state index is 14.4. The highest BCUT2D eigenvalue weighted by molar-refractivity contribution is 5.92. The molecular formula is C21H25FN8O3. The van der Waals surface area contributed by atoms with Gasteiger partial charge in [0.15, 0.2) is 5.69 Å². The molecule has 0 fully saturated rings. The second-order valence-corrected chi connectivity index (χ2v) is 7.18. The molecule has 1 aromatic carbocycles. The van der Waals surface area contributed by atoms with Crippen molar-refractivity contribution in [3.63, 3.8) is 0 Å². The van der Waals surface area contributed by atoms with Crippen molar-refractivity contribution >= 4 is 17.6 Å². The number of alkyl halides is 1. The fourth-order valence-electron chi connectivity index (χ4n) is 2.93. The molecule has 0 aliphatic rings. The Balaban J connectivity index is 1.47. The predicted octanol–water partition coefficient (Wildman–Crippen LogP) is 1.20. The summed E-state index contributed by atoms with van der Waals surface area (Å²) in [6.45, 7) is 4.26. The van der Waals surface area contributed by atoms with Crippen molar-refractivity contribution in [2.24, 2.45) is 0 Å². The molecule has 1 amide bonds. The number of carbonyl (C=O) groups excluding carboxylic acids is 2. The predicted molar refractivity (Wildman–Crippen MR) is 117 cm³/mol. The number of carbonyl (C=O) groups is 2. The van der Waals surface area contributed by atoms with Crippen molar-refractivity contribution in [3.05, 3.63) is 65.8 Å². The second kappa shape index (κ2) is 11.0. The Hall–Kier alpha value is -4.09. The van der Waals surface area contributed by atoms with Crippen LogP contribution in [-0.4, -0.2) is 62.2 Å². The molecule has 0 aliphatic carbocycles. The lowest BCUT2D eigenvalue weighted by atomic mass is 10.1. The molecule has 0 bridgehead atoms. The SMILES string of the molecule is C=C(NC)c1cn(CCC(F)Cn2cc(C(=O)NCc3cccc(C(=O)OC)c3)nn2)nn1. The van der Waals surface area contributed by atoms with Crippen LogP contribution in [0.1, 0.15) is 38.5 Å². The third-order valence-corrected chi connectivity index (χ3v) is 4.78. The summed E-state index contributed by atoms with van der Waals surface area (Å²) < 4.78 is 21.9. The number of ether oxygens (including phenoxy) is 1. The first-order chi connectivity index (χ1) is 15.9. The van der Waals surface area contributed by atoms with Crippen LogP contribution in [0, 0.1) is 0 Å². The van der Waals surface area contributed by atoms with Crippen LogP contribution in [0.15, 0.2) is 43.2 Å². The molecule has 3 aromatic rings. The van der Waals surface area contributed by atoms with Gasteiger partial charge in [0, 0.05) is 26.6 Å². The van der Waals surface area contributed by atoms with Crippen molar-refractivity contribution in [1.29, 1.82) is 0 Å². The van der Waals surface area contributed by atoms with Gasteiger partial charge in [-0.2, -0.15) is 0 Å². The van der Waals surface area contributed by atoms with E-state index in [1.54, 1.807) is 42.2 Å². The highest BCUT2D eigenvalue weighted by Gasteiger charge is 2.15. The van der Waals surface area contributed by atoms with Gasteiger partial charge in [0.1, 0.15) is 11.9 Å². The van der Waals surface area contributed by atoms with Crippen LogP contribution in [0.2, 0.25) is 0 Å². The van der Waals surface area contributed by atoms with E-state index in [1.165, 1.54) is 18.0 Å². The van der Waals surface area contributed by atoms with Gasteiger partial charge in [-0.3, -0.25) is 9.48 Å². The Bertz CT molecular complexity index is 1130. The monoisotopic (exact) mass is 456 g/mol. The van der Waals surface area contributed by atoms with E-state index in [0.29, 0.717) is 23.5 Å². The van der Waals surface area contributed by atoms with Crippen molar-refractivity contribution < 1.29 is 18.7 Å². The third-order valence-electron chi connectivity index (χ3n) is 4.78. The Morgan fingerprint density at radius 3 is 2.67 bits per heavy atom. The summed E-state index contributed by atoms with van der Waals surface area (Å²) >= 11 is 0. The molecule has 2 aromatic heterocycles. The average molecular weight is 456 g/mol. The van der Waals surface area contributed by atoms with Gasteiger partial charge in [-0.15, -0.1) is 10.2 Å². The lowest BCUT2D eigenvalue weighted by molar-refractivity contribution is 0.0600. The first kappa shape index (κ1) is 23.6. The number of methoxy groups -OCH3 is 1. The standard InChI is InChI=1S/C21H25FN8O3/c1-14(23-2)18-12-29(27-25-18)8-7-17(22)11-30-13-19(26-28-30)20(31)24-10-15-5-4-6-16(9-15)21(32)33-3/h4-6,9,12-13,17,23H,1,7-8,10-11H2,2-3H3,(H,24,31). The van der Waals surface area contributed by atoms with Gasteiger partial charge in [-0.1, -0.05) is 29.1 Å². The van der Waals surface area contributed by atoms with Gasteiger partial charge in [-0.05, 0) is 17.7 Å². The van der Waals surface area contributed by atoms with Crippen LogP contribution in [-0.2, 0) is 24.4 Å². The van der Waals surface area contributed by atoms with Gasteiger partial charge < -0.3 is 15.4 Å². The van der Waals surface area contributed by atoms with Gasteiger partial charge >= 0.3 is 5.97 Å². The fraction of sp³-hybridized carbons (Fsp3) is 0.333. The first-order valence-corrected chi connectivity index (χ1v) is 10.2. The molecule has 0 saturated carbocycles. The molecule has 2 heterocycles. The number of esters is 1. The topological polar surface area (TPSA) is 129 Å². The number of nitrogens with one attached hydrogen (secondary N) is 2. The molecule has 0 radical (unpaired) electrons. The Morgan fingerprint density at radius 1 is 1.18 bits per heavy atom. The molecule has 174 valence electrons. The third kappa shape index (κ3) is 6.45. The van der Waals surface area contributed by atoms with Crippen LogP contribution in [0.25, 0.3) is 5.70 Å². The van der Waals surface area contributed by atoms with E-state index >= 15 is 0 Å². The number of nitrogens with zero attached hydrogens (tertiary/aromatic N) is 6. The number of rotatable bonds is 11. The van der Waals surface area contributed by atoms with E-state index < -0.39 is 18.0 Å². The minimum atomic E-state index is -1.22. The van der Waals surface area contributed by atoms with Crippen molar-refractivity contribution in [2.45, 2.75) is 32.2 Å². The largest absolute Gasteiger partial charge is 0.465 e. The summed E-state index contributed by atoms with van der Waals surface area (Å²) in [6.07, 6.45) is 2.04. The zero-order valence-corrected chi connectivity index (χ0v) is 18.4. The Morgan fingerprint density at radius 2 is 1.91 bits per heavy atom. The number of aryl methyl sites for hydroxylation is 1. The van der Waals surface area contributed by atoms with E-state index in [-0.39, 0.29) is 25.2 Å². The molecule has 3 rings (SSSR count). The van der Waals surface area contributed by atoms with Gasteiger partial charge in [0.25, 0.3) is 5.91 Å². The van der Waals surface area contributed by atoms with Gasteiger partial charge in [-0.25, -0.2) is 13.9 Å². The summed E-state index contributed by atoms with van der Waals surface area (Å²) in [7, 11) is 3.03. The van der Waals surface area contributed by atoms with Crippen molar-refractivity contribution in [2.75, 3.05) is 14.2 Å². The Kier molecular flexibility index (Phi) is 7.84. The van der Waals surface area contributed by atoms with Crippen LogP contribution >= 0.6 is 0 Å². The Labute approximate surface area is 189 Å².